The standard InChI is InChI=1S/C24H24N4OS/c1-18-9-11-21-23(19(18)2)26-24(30-21)28(15-6-14-27-16-13-25-17-27)22(29)12-10-20-7-4-3-5-8-20/h3-5,7-13,16-17H,6,14-15H2,1-2H3/b12-10+. The van der Waals surface area contributed by atoms with Gasteiger partial charge in [-0.05, 0) is 49.1 Å². The van der Waals surface area contributed by atoms with Crippen molar-refractivity contribution < 1.29 is 4.79 Å². The lowest BCUT2D eigenvalue weighted by molar-refractivity contribution is -0.114. The third-order valence-electron chi connectivity index (χ3n) is 5.15. The van der Waals surface area contributed by atoms with Gasteiger partial charge in [0.05, 0.1) is 16.5 Å². The van der Waals surface area contributed by atoms with E-state index >= 15 is 0 Å². The number of carbonyl (C=O) groups excluding carboxylic acids is 1. The Morgan fingerprint density at radius 1 is 1.17 bits per heavy atom. The van der Waals surface area contributed by atoms with Crippen LogP contribution < -0.4 is 4.90 Å². The fraction of sp³-hybridized carbons (Fsp3) is 0.208. The first-order valence-corrected chi connectivity index (χ1v) is 10.8. The lowest BCUT2D eigenvalue weighted by Gasteiger charge is -2.18. The highest BCUT2D eigenvalue weighted by Crippen LogP contribution is 2.32. The van der Waals surface area contributed by atoms with Gasteiger partial charge < -0.3 is 4.57 Å². The third-order valence-corrected chi connectivity index (χ3v) is 6.19. The molecule has 2 aromatic heterocycles. The van der Waals surface area contributed by atoms with E-state index in [0.717, 1.165) is 33.9 Å². The molecular weight excluding hydrogens is 392 g/mol. The van der Waals surface area contributed by atoms with Gasteiger partial charge in [0.25, 0.3) is 5.91 Å². The predicted molar refractivity (Wildman–Crippen MR) is 124 cm³/mol. The molecule has 0 radical (unpaired) electrons. The zero-order chi connectivity index (χ0) is 20.9. The van der Waals surface area contributed by atoms with Crippen LogP contribution in [0.5, 0.6) is 0 Å². The SMILES string of the molecule is Cc1ccc2sc(N(CCCn3ccnc3)C(=O)/C=C/c3ccccc3)nc2c1C. The van der Waals surface area contributed by atoms with Gasteiger partial charge in [0, 0.05) is 31.6 Å². The third kappa shape index (κ3) is 4.49. The summed E-state index contributed by atoms with van der Waals surface area (Å²) in [7, 11) is 0. The molecule has 0 aliphatic carbocycles. The molecule has 0 aliphatic heterocycles. The minimum absolute atomic E-state index is 0.0575. The first-order chi connectivity index (χ1) is 14.6. The van der Waals surface area contributed by atoms with Crippen molar-refractivity contribution in [3.05, 3.63) is 84.0 Å². The molecule has 0 bridgehead atoms. The van der Waals surface area contributed by atoms with Crippen molar-refractivity contribution in [2.24, 2.45) is 0 Å². The molecule has 0 unspecified atom stereocenters. The fourth-order valence-corrected chi connectivity index (χ4v) is 4.34. The highest BCUT2D eigenvalue weighted by Gasteiger charge is 2.18. The van der Waals surface area contributed by atoms with Gasteiger partial charge >= 0.3 is 0 Å². The Labute approximate surface area is 180 Å². The maximum absolute atomic E-state index is 13.1. The molecule has 2 aromatic carbocycles. The molecule has 5 nitrogen and oxygen atoms in total. The number of nitrogens with zero attached hydrogens (tertiary/aromatic N) is 4. The van der Waals surface area contributed by atoms with Crippen LogP contribution in [0.25, 0.3) is 16.3 Å². The molecule has 0 saturated heterocycles. The Morgan fingerprint density at radius 2 is 2.00 bits per heavy atom. The van der Waals surface area contributed by atoms with E-state index in [9.17, 15) is 4.79 Å². The fourth-order valence-electron chi connectivity index (χ4n) is 3.28. The van der Waals surface area contributed by atoms with E-state index < -0.39 is 0 Å². The summed E-state index contributed by atoms with van der Waals surface area (Å²) in [6.45, 7) is 5.56. The number of carbonyl (C=O) groups is 1. The number of fused-ring (bicyclic) bond motifs is 1. The normalized spacial score (nSPS) is 11.4. The highest BCUT2D eigenvalue weighted by molar-refractivity contribution is 7.22. The van der Waals surface area contributed by atoms with Gasteiger partial charge in [-0.2, -0.15) is 0 Å². The van der Waals surface area contributed by atoms with Gasteiger partial charge in [0.15, 0.2) is 5.13 Å². The molecule has 152 valence electrons. The zero-order valence-electron chi connectivity index (χ0n) is 17.2. The second-order valence-corrected chi connectivity index (χ2v) is 8.25. The van der Waals surface area contributed by atoms with Gasteiger partial charge in [-0.15, -0.1) is 0 Å². The van der Waals surface area contributed by atoms with E-state index in [1.807, 2.05) is 47.2 Å². The molecule has 0 spiro atoms. The molecule has 0 aliphatic rings. The molecule has 2 heterocycles. The molecule has 0 fully saturated rings. The van der Waals surface area contributed by atoms with Crippen molar-refractivity contribution >= 4 is 38.7 Å². The van der Waals surface area contributed by atoms with Crippen molar-refractivity contribution in [3.63, 3.8) is 0 Å². The predicted octanol–water partition coefficient (Wildman–Crippen LogP) is 5.25. The smallest absolute Gasteiger partial charge is 0.252 e. The molecule has 4 rings (SSSR count). The number of anilines is 1. The second-order valence-electron chi connectivity index (χ2n) is 7.24. The van der Waals surface area contributed by atoms with E-state index in [4.69, 9.17) is 4.98 Å². The van der Waals surface area contributed by atoms with Gasteiger partial charge in [-0.3, -0.25) is 9.69 Å². The minimum Gasteiger partial charge on any atom is -0.337 e. The number of amides is 1. The van der Waals surface area contributed by atoms with E-state index in [0.29, 0.717) is 6.54 Å². The Bertz CT molecular complexity index is 1160. The van der Waals surface area contributed by atoms with Gasteiger partial charge in [-0.1, -0.05) is 47.7 Å². The monoisotopic (exact) mass is 416 g/mol. The van der Waals surface area contributed by atoms with Gasteiger partial charge in [0.1, 0.15) is 0 Å². The summed E-state index contributed by atoms with van der Waals surface area (Å²) in [5, 5.41) is 0.743. The first-order valence-electron chi connectivity index (χ1n) is 9.99. The largest absolute Gasteiger partial charge is 0.337 e. The van der Waals surface area contributed by atoms with Crippen LogP contribution >= 0.6 is 11.3 Å². The van der Waals surface area contributed by atoms with Crippen molar-refractivity contribution in [1.29, 1.82) is 0 Å². The van der Waals surface area contributed by atoms with Crippen LogP contribution in [0.15, 0.2) is 67.3 Å². The van der Waals surface area contributed by atoms with Crippen molar-refractivity contribution in [2.45, 2.75) is 26.8 Å². The van der Waals surface area contributed by atoms with Crippen molar-refractivity contribution in [2.75, 3.05) is 11.4 Å². The lowest BCUT2D eigenvalue weighted by Crippen LogP contribution is -2.30. The van der Waals surface area contributed by atoms with E-state index in [1.165, 1.54) is 11.1 Å². The zero-order valence-corrected chi connectivity index (χ0v) is 18.0. The minimum atomic E-state index is -0.0575. The summed E-state index contributed by atoms with van der Waals surface area (Å²) in [6.07, 6.45) is 9.81. The number of thiazole rings is 1. The summed E-state index contributed by atoms with van der Waals surface area (Å²) in [6, 6.07) is 14.1. The van der Waals surface area contributed by atoms with Crippen LogP contribution in [0.3, 0.4) is 0 Å². The van der Waals surface area contributed by atoms with Crippen molar-refractivity contribution in [3.8, 4) is 0 Å². The van der Waals surface area contributed by atoms with E-state index in [2.05, 4.69) is 31.0 Å². The van der Waals surface area contributed by atoms with E-state index in [-0.39, 0.29) is 5.91 Å². The molecular formula is C24H24N4OS. The lowest BCUT2D eigenvalue weighted by atomic mass is 10.1. The van der Waals surface area contributed by atoms with Crippen LogP contribution in [0.2, 0.25) is 0 Å². The second kappa shape index (κ2) is 9.05. The summed E-state index contributed by atoms with van der Waals surface area (Å²) < 4.78 is 3.13. The van der Waals surface area contributed by atoms with Crippen LogP contribution in [-0.2, 0) is 11.3 Å². The number of rotatable bonds is 7. The summed E-state index contributed by atoms with van der Waals surface area (Å²) in [5.41, 5.74) is 4.36. The average Bonchev–Trinajstić information content (AvgIpc) is 3.43. The van der Waals surface area contributed by atoms with Crippen LogP contribution in [0, 0.1) is 13.8 Å². The molecule has 30 heavy (non-hydrogen) atoms. The maximum atomic E-state index is 13.1. The molecule has 0 saturated carbocycles. The summed E-state index contributed by atoms with van der Waals surface area (Å²) >= 11 is 1.57. The molecule has 0 atom stereocenters. The Balaban J connectivity index is 1.60. The average molecular weight is 417 g/mol. The van der Waals surface area contributed by atoms with Crippen LogP contribution in [-0.4, -0.2) is 27.0 Å². The van der Waals surface area contributed by atoms with Gasteiger partial charge in [0.2, 0.25) is 0 Å². The molecule has 4 aromatic rings. The number of hydrogen-bond acceptors (Lipinski definition) is 4. The molecule has 6 heteroatoms. The Hall–Kier alpha value is -3.25. The number of imidazole rings is 1. The number of aryl methyl sites for hydroxylation is 3. The number of aromatic nitrogens is 3. The molecule has 0 N–H and O–H groups in total. The maximum Gasteiger partial charge on any atom is 0.252 e. The Kier molecular flexibility index (Phi) is 6.05. The topological polar surface area (TPSA) is 51.0 Å². The number of benzene rings is 2. The molecule has 1 amide bonds. The van der Waals surface area contributed by atoms with E-state index in [1.54, 1.807) is 34.8 Å². The highest BCUT2D eigenvalue weighted by atomic mass is 32.1. The van der Waals surface area contributed by atoms with Gasteiger partial charge in [-0.25, -0.2) is 9.97 Å². The van der Waals surface area contributed by atoms with Crippen LogP contribution in [0.4, 0.5) is 5.13 Å². The Morgan fingerprint density at radius 3 is 2.77 bits per heavy atom. The van der Waals surface area contributed by atoms with Crippen LogP contribution in [0.1, 0.15) is 23.1 Å². The quantitative estimate of drug-likeness (QED) is 0.387. The summed E-state index contributed by atoms with van der Waals surface area (Å²) in [5.74, 6) is -0.0575. The number of hydrogen-bond donors (Lipinski definition) is 0. The first kappa shape index (κ1) is 20.0. The van der Waals surface area contributed by atoms with Crippen molar-refractivity contribution in [1.82, 2.24) is 14.5 Å². The summed E-state index contributed by atoms with van der Waals surface area (Å²) in [4.78, 5) is 23.8.